The van der Waals surface area contributed by atoms with Crippen molar-refractivity contribution in [3.8, 4) is 0 Å². The van der Waals surface area contributed by atoms with Crippen molar-refractivity contribution >= 4 is 11.9 Å². The van der Waals surface area contributed by atoms with Gasteiger partial charge in [-0.25, -0.2) is 0 Å². The number of aliphatic carboxylic acids is 1. The van der Waals surface area contributed by atoms with Gasteiger partial charge in [-0.05, 0) is 32.6 Å². The summed E-state index contributed by atoms with van der Waals surface area (Å²) in [6, 6.07) is 0. The second kappa shape index (κ2) is 26.5. The summed E-state index contributed by atoms with van der Waals surface area (Å²) in [6.45, 7) is 4.30. The van der Waals surface area contributed by atoms with Crippen LogP contribution in [0.2, 0.25) is 0 Å². The van der Waals surface area contributed by atoms with Crippen LogP contribution in [0.5, 0.6) is 0 Å². The lowest BCUT2D eigenvalue weighted by molar-refractivity contribution is -0.148. The molecule has 4 nitrogen and oxygen atoms in total. The van der Waals surface area contributed by atoms with Crippen LogP contribution >= 0.6 is 0 Å². The van der Waals surface area contributed by atoms with Gasteiger partial charge in [0.05, 0.1) is 6.10 Å². The number of hydrogen-bond donors (Lipinski definition) is 1. The predicted molar refractivity (Wildman–Crippen MR) is 144 cm³/mol. The Bertz CT molecular complexity index is 449. The van der Waals surface area contributed by atoms with E-state index in [1.54, 1.807) is 0 Å². The van der Waals surface area contributed by atoms with Crippen molar-refractivity contribution in [3.63, 3.8) is 0 Å². The first-order chi connectivity index (χ1) is 16.6. The zero-order valence-corrected chi connectivity index (χ0v) is 22.9. The molecule has 0 aliphatic carbocycles. The van der Waals surface area contributed by atoms with Crippen molar-refractivity contribution < 1.29 is 19.4 Å². The Morgan fingerprint density at radius 2 is 0.912 bits per heavy atom. The summed E-state index contributed by atoms with van der Waals surface area (Å²) >= 11 is 0. The number of carbonyl (C=O) groups is 2. The molecule has 0 spiro atoms. The molecule has 0 fully saturated rings. The van der Waals surface area contributed by atoms with E-state index in [1.807, 2.05) is 6.92 Å². The molecular weight excluding hydrogens is 424 g/mol. The first-order valence-electron chi connectivity index (χ1n) is 15.0. The van der Waals surface area contributed by atoms with Gasteiger partial charge < -0.3 is 9.84 Å². The third kappa shape index (κ3) is 27.2. The van der Waals surface area contributed by atoms with Crippen molar-refractivity contribution in [2.75, 3.05) is 0 Å². The summed E-state index contributed by atoms with van der Waals surface area (Å²) in [4.78, 5) is 22.5. The molecule has 202 valence electrons. The van der Waals surface area contributed by atoms with E-state index < -0.39 is 5.97 Å². The van der Waals surface area contributed by atoms with E-state index >= 15 is 0 Å². The molecule has 34 heavy (non-hydrogen) atoms. The molecule has 1 N–H and O–H groups in total. The van der Waals surface area contributed by atoms with Gasteiger partial charge in [-0.2, -0.15) is 0 Å². The highest BCUT2D eigenvalue weighted by Crippen LogP contribution is 2.15. The summed E-state index contributed by atoms with van der Waals surface area (Å²) in [6.07, 6.45) is 29.4. The van der Waals surface area contributed by atoms with Crippen LogP contribution in [0.15, 0.2) is 0 Å². The number of carboxylic acids is 1. The van der Waals surface area contributed by atoms with Crippen LogP contribution in [-0.2, 0) is 14.3 Å². The largest absolute Gasteiger partial charge is 0.481 e. The fourth-order valence-corrected chi connectivity index (χ4v) is 4.57. The van der Waals surface area contributed by atoms with E-state index in [0.717, 1.165) is 44.9 Å². The fraction of sp³-hybridized carbons (Fsp3) is 0.933. The number of carboxylic acid groups (broad SMARTS) is 1. The van der Waals surface area contributed by atoms with Gasteiger partial charge in [-0.15, -0.1) is 0 Å². The first-order valence-corrected chi connectivity index (χ1v) is 15.0. The van der Waals surface area contributed by atoms with E-state index in [1.165, 1.54) is 103 Å². The van der Waals surface area contributed by atoms with Crippen molar-refractivity contribution in [2.45, 2.75) is 180 Å². The second-order valence-electron chi connectivity index (χ2n) is 10.4. The molecule has 0 rings (SSSR count). The topological polar surface area (TPSA) is 63.6 Å². The normalized spacial score (nSPS) is 12.1. The number of hydrogen-bond acceptors (Lipinski definition) is 3. The SMILES string of the molecule is CCCCCCCCCCCCCCCC(=O)OC(C)CCCCCCCCCCCC(=O)O. The molecule has 4 heteroatoms. The van der Waals surface area contributed by atoms with Crippen LogP contribution in [0.3, 0.4) is 0 Å². The molecule has 0 aromatic rings. The number of ether oxygens (including phenoxy) is 1. The van der Waals surface area contributed by atoms with Crippen molar-refractivity contribution in [1.82, 2.24) is 0 Å². The minimum atomic E-state index is -0.681. The molecule has 0 saturated carbocycles. The van der Waals surface area contributed by atoms with Gasteiger partial charge in [0.25, 0.3) is 0 Å². The molecule has 0 amide bonds. The van der Waals surface area contributed by atoms with Gasteiger partial charge in [-0.3, -0.25) is 9.59 Å². The van der Waals surface area contributed by atoms with E-state index in [-0.39, 0.29) is 12.1 Å². The summed E-state index contributed by atoms with van der Waals surface area (Å²) < 4.78 is 5.58. The zero-order chi connectivity index (χ0) is 25.1. The maximum atomic E-state index is 12.0. The number of rotatable bonds is 27. The third-order valence-electron chi connectivity index (χ3n) is 6.82. The van der Waals surface area contributed by atoms with Crippen LogP contribution in [0.1, 0.15) is 174 Å². The van der Waals surface area contributed by atoms with Crippen LogP contribution < -0.4 is 0 Å². The molecule has 0 aliphatic heterocycles. The standard InChI is InChI=1S/C30H58O4/c1-3-4-5-6-7-8-9-10-11-15-18-21-24-27-30(33)34-28(2)25-22-19-16-13-12-14-17-20-23-26-29(31)32/h28H,3-27H2,1-2H3,(H,31,32). The first kappa shape index (κ1) is 32.9. The number of carbonyl (C=O) groups excluding carboxylic acids is 1. The van der Waals surface area contributed by atoms with Crippen LogP contribution in [-0.4, -0.2) is 23.1 Å². The molecule has 0 saturated heterocycles. The molecule has 1 unspecified atom stereocenters. The van der Waals surface area contributed by atoms with E-state index in [9.17, 15) is 9.59 Å². The molecule has 0 heterocycles. The van der Waals surface area contributed by atoms with Crippen LogP contribution in [0, 0.1) is 0 Å². The lowest BCUT2D eigenvalue weighted by Crippen LogP contribution is -2.14. The Morgan fingerprint density at radius 3 is 1.32 bits per heavy atom. The molecule has 1 atom stereocenters. The Labute approximate surface area is 212 Å². The number of unbranched alkanes of at least 4 members (excludes halogenated alkanes) is 20. The molecule has 0 bridgehead atoms. The lowest BCUT2D eigenvalue weighted by Gasteiger charge is -2.13. The summed E-state index contributed by atoms with van der Waals surface area (Å²) in [7, 11) is 0. The summed E-state index contributed by atoms with van der Waals surface area (Å²) in [5, 5.41) is 8.61. The van der Waals surface area contributed by atoms with Crippen LogP contribution in [0.25, 0.3) is 0 Å². The maximum Gasteiger partial charge on any atom is 0.306 e. The number of esters is 1. The molecule has 0 aromatic heterocycles. The summed E-state index contributed by atoms with van der Waals surface area (Å²) in [5.41, 5.74) is 0. The quantitative estimate of drug-likeness (QED) is 0.0934. The third-order valence-corrected chi connectivity index (χ3v) is 6.82. The highest BCUT2D eigenvalue weighted by molar-refractivity contribution is 5.69. The lowest BCUT2D eigenvalue weighted by atomic mass is 10.0. The smallest absolute Gasteiger partial charge is 0.306 e. The van der Waals surface area contributed by atoms with Crippen molar-refractivity contribution in [3.05, 3.63) is 0 Å². The van der Waals surface area contributed by atoms with Crippen molar-refractivity contribution in [2.24, 2.45) is 0 Å². The van der Waals surface area contributed by atoms with Gasteiger partial charge in [0.2, 0.25) is 0 Å². The molecular formula is C30H58O4. The van der Waals surface area contributed by atoms with Gasteiger partial charge in [0.15, 0.2) is 0 Å². The van der Waals surface area contributed by atoms with E-state index in [4.69, 9.17) is 9.84 Å². The maximum absolute atomic E-state index is 12.0. The monoisotopic (exact) mass is 482 g/mol. The van der Waals surface area contributed by atoms with Gasteiger partial charge >= 0.3 is 11.9 Å². The second-order valence-corrected chi connectivity index (χ2v) is 10.4. The average Bonchev–Trinajstić information content (AvgIpc) is 2.80. The van der Waals surface area contributed by atoms with Crippen molar-refractivity contribution in [1.29, 1.82) is 0 Å². The van der Waals surface area contributed by atoms with E-state index in [0.29, 0.717) is 12.8 Å². The average molecular weight is 483 g/mol. The molecule has 0 radical (unpaired) electrons. The van der Waals surface area contributed by atoms with E-state index in [2.05, 4.69) is 6.92 Å². The summed E-state index contributed by atoms with van der Waals surface area (Å²) in [5.74, 6) is -0.696. The van der Waals surface area contributed by atoms with Crippen LogP contribution in [0.4, 0.5) is 0 Å². The highest BCUT2D eigenvalue weighted by Gasteiger charge is 2.09. The Hall–Kier alpha value is -1.06. The highest BCUT2D eigenvalue weighted by atomic mass is 16.5. The Morgan fingerprint density at radius 1 is 0.559 bits per heavy atom. The molecule has 0 aliphatic rings. The van der Waals surface area contributed by atoms with Gasteiger partial charge in [0.1, 0.15) is 0 Å². The Kier molecular flexibility index (Phi) is 25.7. The van der Waals surface area contributed by atoms with Gasteiger partial charge in [-0.1, -0.05) is 129 Å². The minimum Gasteiger partial charge on any atom is -0.481 e. The molecule has 0 aromatic carbocycles. The predicted octanol–water partition coefficient (Wildman–Crippen LogP) is 9.78. The Balaban J connectivity index is 3.30. The zero-order valence-electron chi connectivity index (χ0n) is 22.9. The van der Waals surface area contributed by atoms with Gasteiger partial charge in [0, 0.05) is 12.8 Å². The fourth-order valence-electron chi connectivity index (χ4n) is 4.57. The minimum absolute atomic E-state index is 0.0153.